The Bertz CT molecular complexity index is 727. The highest BCUT2D eigenvalue weighted by molar-refractivity contribution is 8.02. The van der Waals surface area contributed by atoms with Crippen molar-refractivity contribution in [3.8, 4) is 23.1 Å². The third kappa shape index (κ3) is 2.97. The second-order valence-corrected chi connectivity index (χ2v) is 5.53. The third-order valence-electron chi connectivity index (χ3n) is 2.90. The lowest BCUT2D eigenvalue weighted by Gasteiger charge is -2.15. The third-order valence-corrected chi connectivity index (χ3v) is 3.91. The lowest BCUT2D eigenvalue weighted by atomic mass is 10.1. The van der Waals surface area contributed by atoms with Crippen molar-refractivity contribution in [2.75, 3.05) is 5.88 Å². The molecule has 3 rings (SSSR count). The van der Waals surface area contributed by atoms with E-state index in [9.17, 15) is 0 Å². The Morgan fingerprint density at radius 2 is 2.29 bits per heavy atom. The van der Waals surface area contributed by atoms with E-state index >= 15 is 0 Å². The zero-order valence-electron chi connectivity index (χ0n) is 10.9. The molecule has 4 nitrogen and oxygen atoms in total. The van der Waals surface area contributed by atoms with E-state index in [1.807, 2.05) is 23.6 Å². The Kier molecular flexibility index (Phi) is 4.00. The molecule has 0 fully saturated rings. The van der Waals surface area contributed by atoms with Crippen molar-refractivity contribution in [2.45, 2.75) is 0 Å². The molecule has 0 N–H and O–H groups in total. The summed E-state index contributed by atoms with van der Waals surface area (Å²) in [5.74, 6) is 1.73. The van der Waals surface area contributed by atoms with E-state index in [0.717, 1.165) is 11.1 Å². The van der Waals surface area contributed by atoms with Crippen LogP contribution in [0.2, 0.25) is 5.02 Å². The molecular weight excluding hydrogens is 306 g/mol. The number of hydrogen-bond donors (Lipinski definition) is 0. The predicted molar refractivity (Wildman–Crippen MR) is 83.3 cm³/mol. The van der Waals surface area contributed by atoms with Gasteiger partial charge in [0.1, 0.15) is 5.75 Å². The second-order valence-electron chi connectivity index (χ2n) is 4.26. The molecule has 1 aliphatic rings. The molecule has 0 atom stereocenters. The SMILES string of the molecule is N#CN1CSC=C1Oc1ccc(Cl)cc1-c1cccnc1. The predicted octanol–water partition coefficient (Wildman–Crippen LogP) is 4.07. The fraction of sp³-hybridized carbons (Fsp3) is 0.0667. The van der Waals surface area contributed by atoms with Crippen LogP contribution in [0.4, 0.5) is 0 Å². The molecule has 0 amide bonds. The first-order valence-electron chi connectivity index (χ1n) is 6.15. The number of nitrogens with zero attached hydrogens (tertiary/aromatic N) is 3. The van der Waals surface area contributed by atoms with Gasteiger partial charge >= 0.3 is 0 Å². The minimum Gasteiger partial charge on any atom is -0.439 e. The van der Waals surface area contributed by atoms with Crippen LogP contribution >= 0.6 is 23.4 Å². The van der Waals surface area contributed by atoms with Gasteiger partial charge in [0.05, 0.1) is 5.88 Å². The van der Waals surface area contributed by atoms with Crippen LogP contribution in [0.15, 0.2) is 54.0 Å². The number of nitriles is 1. The zero-order chi connectivity index (χ0) is 14.7. The molecular formula is C15H10ClN3OS. The van der Waals surface area contributed by atoms with Gasteiger partial charge in [0.25, 0.3) is 0 Å². The molecule has 6 heteroatoms. The lowest BCUT2D eigenvalue weighted by Crippen LogP contribution is -2.16. The summed E-state index contributed by atoms with van der Waals surface area (Å²) in [5, 5.41) is 11.5. The molecule has 0 saturated carbocycles. The maximum Gasteiger partial charge on any atom is 0.216 e. The van der Waals surface area contributed by atoms with Gasteiger partial charge in [-0.25, -0.2) is 4.90 Å². The van der Waals surface area contributed by atoms with Crippen molar-refractivity contribution in [3.05, 3.63) is 59.0 Å². The van der Waals surface area contributed by atoms with Gasteiger partial charge in [0, 0.05) is 34.0 Å². The molecule has 21 heavy (non-hydrogen) atoms. The van der Waals surface area contributed by atoms with Crippen LogP contribution in [0, 0.1) is 11.5 Å². The van der Waals surface area contributed by atoms with Crippen LogP contribution in [0.5, 0.6) is 5.75 Å². The van der Waals surface area contributed by atoms with Crippen LogP contribution in [-0.4, -0.2) is 15.8 Å². The smallest absolute Gasteiger partial charge is 0.216 e. The molecule has 0 saturated heterocycles. The molecule has 1 aliphatic heterocycles. The van der Waals surface area contributed by atoms with Crippen molar-refractivity contribution in [1.82, 2.24) is 9.88 Å². The second kappa shape index (κ2) is 6.08. The quantitative estimate of drug-likeness (QED) is 0.799. The number of benzene rings is 1. The number of aromatic nitrogens is 1. The molecule has 2 aromatic rings. The van der Waals surface area contributed by atoms with Gasteiger partial charge in [-0.3, -0.25) is 4.98 Å². The van der Waals surface area contributed by atoms with Crippen molar-refractivity contribution in [3.63, 3.8) is 0 Å². The largest absolute Gasteiger partial charge is 0.439 e. The van der Waals surface area contributed by atoms with Gasteiger partial charge in [-0.2, -0.15) is 5.26 Å². The molecule has 1 aromatic carbocycles. The highest BCUT2D eigenvalue weighted by Crippen LogP contribution is 2.35. The first-order chi connectivity index (χ1) is 10.3. The van der Waals surface area contributed by atoms with E-state index in [1.165, 1.54) is 16.7 Å². The van der Waals surface area contributed by atoms with Crippen LogP contribution < -0.4 is 4.74 Å². The summed E-state index contributed by atoms with van der Waals surface area (Å²) < 4.78 is 5.88. The van der Waals surface area contributed by atoms with E-state index in [-0.39, 0.29) is 0 Å². The minimum absolute atomic E-state index is 0.523. The van der Waals surface area contributed by atoms with Crippen LogP contribution in [0.3, 0.4) is 0 Å². The zero-order valence-corrected chi connectivity index (χ0v) is 12.4. The average molecular weight is 316 g/mol. The van der Waals surface area contributed by atoms with Gasteiger partial charge in [-0.1, -0.05) is 17.7 Å². The summed E-state index contributed by atoms with van der Waals surface area (Å²) in [6.45, 7) is 0. The van der Waals surface area contributed by atoms with Crippen LogP contribution in [-0.2, 0) is 0 Å². The fourth-order valence-corrected chi connectivity index (χ4v) is 2.82. The molecule has 0 aliphatic carbocycles. The van der Waals surface area contributed by atoms with E-state index in [4.69, 9.17) is 21.6 Å². The van der Waals surface area contributed by atoms with Gasteiger partial charge in [0.15, 0.2) is 6.19 Å². The summed E-state index contributed by atoms with van der Waals surface area (Å²) in [7, 11) is 0. The van der Waals surface area contributed by atoms with E-state index < -0.39 is 0 Å². The minimum atomic E-state index is 0.523. The van der Waals surface area contributed by atoms with Crippen molar-refractivity contribution >= 4 is 23.4 Å². The molecule has 0 radical (unpaired) electrons. The summed E-state index contributed by atoms with van der Waals surface area (Å²) >= 11 is 7.60. The topological polar surface area (TPSA) is 49.2 Å². The summed E-state index contributed by atoms with van der Waals surface area (Å²) in [4.78, 5) is 5.61. The van der Waals surface area contributed by atoms with Crippen LogP contribution in [0.25, 0.3) is 11.1 Å². The van der Waals surface area contributed by atoms with E-state index in [2.05, 4.69) is 11.2 Å². The number of thioether (sulfide) groups is 1. The monoisotopic (exact) mass is 315 g/mol. The molecule has 2 heterocycles. The normalized spacial score (nSPS) is 13.7. The average Bonchev–Trinajstić information content (AvgIpc) is 2.97. The highest BCUT2D eigenvalue weighted by Gasteiger charge is 2.19. The van der Waals surface area contributed by atoms with Crippen molar-refractivity contribution in [1.29, 1.82) is 5.26 Å². The van der Waals surface area contributed by atoms with Crippen molar-refractivity contribution < 1.29 is 4.74 Å². The first-order valence-corrected chi connectivity index (χ1v) is 7.57. The molecule has 1 aromatic heterocycles. The van der Waals surface area contributed by atoms with Crippen LogP contribution in [0.1, 0.15) is 0 Å². The Hall–Kier alpha value is -2.16. The van der Waals surface area contributed by atoms with Gasteiger partial charge in [-0.15, -0.1) is 11.8 Å². The summed E-state index contributed by atoms with van der Waals surface area (Å²) in [6.07, 6.45) is 5.54. The Morgan fingerprint density at radius 1 is 1.38 bits per heavy atom. The van der Waals surface area contributed by atoms with E-state index in [0.29, 0.717) is 22.5 Å². The molecule has 0 spiro atoms. The maximum atomic E-state index is 9.06. The Balaban J connectivity index is 1.98. The fourth-order valence-electron chi connectivity index (χ4n) is 1.92. The van der Waals surface area contributed by atoms with Gasteiger partial charge in [-0.05, 0) is 24.3 Å². The summed E-state index contributed by atoms with van der Waals surface area (Å²) in [6, 6.07) is 9.17. The first kappa shape index (κ1) is 13.8. The summed E-state index contributed by atoms with van der Waals surface area (Å²) in [5.41, 5.74) is 1.75. The number of rotatable bonds is 3. The number of ether oxygens (including phenoxy) is 1. The number of hydrogen-bond acceptors (Lipinski definition) is 5. The van der Waals surface area contributed by atoms with E-state index in [1.54, 1.807) is 24.5 Å². The van der Waals surface area contributed by atoms with Gasteiger partial charge < -0.3 is 4.74 Å². The van der Waals surface area contributed by atoms with Crippen molar-refractivity contribution in [2.24, 2.45) is 0 Å². The lowest BCUT2D eigenvalue weighted by molar-refractivity contribution is 0.309. The molecule has 0 unspecified atom stereocenters. The highest BCUT2D eigenvalue weighted by atomic mass is 35.5. The molecule has 0 bridgehead atoms. The number of pyridine rings is 1. The van der Waals surface area contributed by atoms with Gasteiger partial charge in [0.2, 0.25) is 5.88 Å². The maximum absolute atomic E-state index is 9.06. The standard InChI is InChI=1S/C15H10ClN3OS/c16-12-3-4-14(20-15-8-21-10-19(15)9-17)13(6-12)11-2-1-5-18-7-11/h1-8H,10H2. The number of halogens is 1. The Morgan fingerprint density at radius 3 is 3.05 bits per heavy atom. The molecule has 104 valence electrons. The Labute approximate surface area is 131 Å².